The molecule has 31 heavy (non-hydrogen) atoms. The van der Waals surface area contributed by atoms with Crippen LogP contribution in [-0.4, -0.2) is 34.6 Å². The van der Waals surface area contributed by atoms with Crippen molar-refractivity contribution in [2.24, 2.45) is 0 Å². The smallest absolute Gasteiger partial charge is 0.257 e. The minimum Gasteiger partial charge on any atom is -0.497 e. The van der Waals surface area contributed by atoms with Crippen LogP contribution < -0.4 is 14.8 Å². The van der Waals surface area contributed by atoms with Crippen LogP contribution in [0, 0.1) is 12.7 Å². The molecule has 1 heterocycles. The van der Waals surface area contributed by atoms with Gasteiger partial charge in [0.2, 0.25) is 0 Å². The van der Waals surface area contributed by atoms with Crippen molar-refractivity contribution < 1.29 is 27.1 Å². The molecule has 0 radical (unpaired) electrons. The zero-order chi connectivity index (χ0) is 22.4. The van der Waals surface area contributed by atoms with Gasteiger partial charge in [-0.3, -0.25) is 4.79 Å². The molecule has 0 aliphatic rings. The molecular formula is C22H22FNO5S2. The van der Waals surface area contributed by atoms with E-state index in [1.165, 1.54) is 37.5 Å². The van der Waals surface area contributed by atoms with E-state index < -0.39 is 26.8 Å². The van der Waals surface area contributed by atoms with E-state index in [9.17, 15) is 17.6 Å². The van der Waals surface area contributed by atoms with E-state index >= 15 is 0 Å². The fraction of sp³-hybridized carbons (Fsp3) is 0.227. The summed E-state index contributed by atoms with van der Waals surface area (Å²) in [6, 6.07) is 13.9. The van der Waals surface area contributed by atoms with Gasteiger partial charge in [-0.15, -0.1) is 11.3 Å². The molecule has 0 aliphatic carbocycles. The number of thiophene rings is 1. The van der Waals surface area contributed by atoms with Crippen LogP contribution in [0.15, 0.2) is 64.9 Å². The van der Waals surface area contributed by atoms with Crippen LogP contribution in [0.1, 0.15) is 15.7 Å². The van der Waals surface area contributed by atoms with Gasteiger partial charge in [-0.2, -0.15) is 0 Å². The number of aryl methyl sites for hydroxylation is 1. The molecule has 9 heteroatoms. The first-order chi connectivity index (χ1) is 14.8. The van der Waals surface area contributed by atoms with Crippen LogP contribution in [0.4, 0.5) is 4.39 Å². The third-order valence-corrected chi connectivity index (χ3v) is 7.80. The van der Waals surface area contributed by atoms with Gasteiger partial charge in [-0.25, -0.2) is 12.8 Å². The molecule has 0 aliphatic heterocycles. The van der Waals surface area contributed by atoms with Crippen molar-refractivity contribution in [1.82, 2.24) is 5.32 Å². The SMILES string of the molecule is COc1cccc(OCC(=O)NC[C@@H](c2cccs2)S(=O)(=O)c2ccc(F)c(C)c2)c1. The molecule has 6 nitrogen and oxygen atoms in total. The topological polar surface area (TPSA) is 81.7 Å². The third-order valence-electron chi connectivity index (χ3n) is 4.59. The largest absolute Gasteiger partial charge is 0.497 e. The molecule has 1 amide bonds. The number of halogens is 1. The number of methoxy groups -OCH3 is 1. The molecule has 0 saturated heterocycles. The second-order valence-electron chi connectivity index (χ2n) is 6.73. The van der Waals surface area contributed by atoms with Crippen molar-refractivity contribution >= 4 is 27.1 Å². The zero-order valence-corrected chi connectivity index (χ0v) is 18.6. The third kappa shape index (κ3) is 5.62. The highest BCUT2D eigenvalue weighted by Gasteiger charge is 2.31. The summed E-state index contributed by atoms with van der Waals surface area (Å²) in [5.74, 6) is 0.111. The average Bonchev–Trinajstić information content (AvgIpc) is 3.28. The number of hydrogen-bond acceptors (Lipinski definition) is 6. The van der Waals surface area contributed by atoms with Gasteiger partial charge in [0, 0.05) is 17.5 Å². The van der Waals surface area contributed by atoms with Gasteiger partial charge in [0.1, 0.15) is 22.6 Å². The summed E-state index contributed by atoms with van der Waals surface area (Å²) < 4.78 is 50.7. The average molecular weight is 464 g/mol. The molecule has 164 valence electrons. The Kier molecular flexibility index (Phi) is 7.29. The normalized spacial score (nSPS) is 12.2. The van der Waals surface area contributed by atoms with Crippen LogP contribution >= 0.6 is 11.3 Å². The summed E-state index contributed by atoms with van der Waals surface area (Å²) in [5, 5.41) is 3.39. The Morgan fingerprint density at radius 3 is 2.58 bits per heavy atom. The Morgan fingerprint density at radius 2 is 1.90 bits per heavy atom. The van der Waals surface area contributed by atoms with Gasteiger partial charge in [-0.05, 0) is 54.3 Å². The van der Waals surface area contributed by atoms with Gasteiger partial charge in [0.25, 0.3) is 5.91 Å². The second kappa shape index (κ2) is 9.93. The number of rotatable bonds is 9. The fourth-order valence-corrected chi connectivity index (χ4v) is 5.76. The summed E-state index contributed by atoms with van der Waals surface area (Å²) in [4.78, 5) is 12.9. The van der Waals surface area contributed by atoms with E-state index in [4.69, 9.17) is 9.47 Å². The minimum atomic E-state index is -3.86. The van der Waals surface area contributed by atoms with E-state index in [0.717, 1.165) is 6.07 Å². The zero-order valence-electron chi connectivity index (χ0n) is 17.0. The lowest BCUT2D eigenvalue weighted by Gasteiger charge is -2.18. The standard InChI is InChI=1S/C22H22FNO5S2/c1-15-11-18(8-9-19(15)23)31(26,27)21(20-7-4-10-30-20)13-24-22(25)14-29-17-6-3-5-16(12-17)28-2/h3-12,21H,13-14H2,1-2H3,(H,24,25)/t21-/m0/s1. The van der Waals surface area contributed by atoms with E-state index in [2.05, 4.69) is 5.32 Å². The maximum absolute atomic E-state index is 13.6. The monoisotopic (exact) mass is 463 g/mol. The predicted octanol–water partition coefficient (Wildman–Crippen LogP) is 3.91. The molecule has 1 atom stereocenters. The summed E-state index contributed by atoms with van der Waals surface area (Å²) in [5.41, 5.74) is 0.238. The molecular weight excluding hydrogens is 441 g/mol. The lowest BCUT2D eigenvalue weighted by molar-refractivity contribution is -0.123. The van der Waals surface area contributed by atoms with Crippen LogP contribution in [0.3, 0.4) is 0 Å². The number of carbonyl (C=O) groups excluding carboxylic acids is 1. The highest BCUT2D eigenvalue weighted by molar-refractivity contribution is 7.91. The van der Waals surface area contributed by atoms with Gasteiger partial charge < -0.3 is 14.8 Å². The van der Waals surface area contributed by atoms with E-state index in [-0.39, 0.29) is 23.6 Å². The number of hydrogen-bond donors (Lipinski definition) is 1. The first-order valence-electron chi connectivity index (χ1n) is 9.38. The molecule has 3 aromatic rings. The fourth-order valence-electron chi connectivity index (χ4n) is 2.89. The van der Waals surface area contributed by atoms with E-state index in [1.807, 2.05) is 0 Å². The number of carbonyl (C=O) groups is 1. The maximum atomic E-state index is 13.6. The Hall–Kier alpha value is -2.91. The van der Waals surface area contributed by atoms with Crippen molar-refractivity contribution in [2.75, 3.05) is 20.3 Å². The van der Waals surface area contributed by atoms with Crippen molar-refractivity contribution in [3.63, 3.8) is 0 Å². The van der Waals surface area contributed by atoms with Crippen molar-refractivity contribution in [2.45, 2.75) is 17.1 Å². The Bertz CT molecular complexity index is 1150. The molecule has 0 fully saturated rings. The molecule has 0 unspecified atom stereocenters. The second-order valence-corrected chi connectivity index (χ2v) is 9.84. The molecule has 1 N–H and O–H groups in total. The molecule has 1 aromatic heterocycles. The summed E-state index contributed by atoms with van der Waals surface area (Å²) in [7, 11) is -2.34. The Morgan fingerprint density at radius 1 is 1.13 bits per heavy atom. The van der Waals surface area contributed by atoms with Crippen molar-refractivity contribution in [1.29, 1.82) is 0 Å². The lowest BCUT2D eigenvalue weighted by atomic mass is 10.2. The Balaban J connectivity index is 1.71. The number of ether oxygens (including phenoxy) is 2. The number of nitrogens with one attached hydrogen (secondary N) is 1. The quantitative estimate of drug-likeness (QED) is 0.487. The number of benzene rings is 2. The van der Waals surface area contributed by atoms with Crippen LogP contribution in [0.2, 0.25) is 0 Å². The molecule has 2 aromatic carbocycles. The van der Waals surface area contributed by atoms with Crippen LogP contribution in [0.25, 0.3) is 0 Å². The maximum Gasteiger partial charge on any atom is 0.257 e. The number of sulfone groups is 1. The van der Waals surface area contributed by atoms with Gasteiger partial charge in [0.15, 0.2) is 16.4 Å². The van der Waals surface area contributed by atoms with E-state index in [1.54, 1.807) is 41.8 Å². The van der Waals surface area contributed by atoms with Gasteiger partial charge in [-0.1, -0.05) is 12.1 Å². The van der Waals surface area contributed by atoms with Crippen LogP contribution in [-0.2, 0) is 14.6 Å². The van der Waals surface area contributed by atoms with Crippen molar-refractivity contribution in [3.8, 4) is 11.5 Å². The predicted molar refractivity (Wildman–Crippen MR) is 117 cm³/mol. The van der Waals surface area contributed by atoms with E-state index in [0.29, 0.717) is 16.4 Å². The Labute approximate surface area is 184 Å². The molecule has 0 spiro atoms. The summed E-state index contributed by atoms with van der Waals surface area (Å²) in [6.45, 7) is 1.09. The van der Waals surface area contributed by atoms with Gasteiger partial charge >= 0.3 is 0 Å². The minimum absolute atomic E-state index is 0.00618. The first kappa shape index (κ1) is 22.8. The summed E-state index contributed by atoms with van der Waals surface area (Å²) >= 11 is 1.28. The summed E-state index contributed by atoms with van der Waals surface area (Å²) in [6.07, 6.45) is 0. The first-order valence-corrected chi connectivity index (χ1v) is 11.8. The number of amides is 1. The lowest BCUT2D eigenvalue weighted by Crippen LogP contribution is -2.34. The molecule has 0 saturated carbocycles. The molecule has 0 bridgehead atoms. The van der Waals surface area contributed by atoms with Crippen LogP contribution in [0.5, 0.6) is 11.5 Å². The highest BCUT2D eigenvalue weighted by Crippen LogP contribution is 2.32. The van der Waals surface area contributed by atoms with Crippen molar-refractivity contribution in [3.05, 3.63) is 76.2 Å². The van der Waals surface area contributed by atoms with Gasteiger partial charge in [0.05, 0.1) is 12.0 Å². The highest BCUT2D eigenvalue weighted by atomic mass is 32.2. The molecule has 3 rings (SSSR count).